The topological polar surface area (TPSA) is 29.5 Å². The molecule has 0 aliphatic heterocycles. The Bertz CT molecular complexity index is 189. The largest absolute Gasteiger partial charge is 0.390 e. The minimum atomic E-state index is -0.319. The average molecular weight is 260 g/mol. The third-order valence-corrected chi connectivity index (χ3v) is 4.04. The van der Waals surface area contributed by atoms with Gasteiger partial charge in [0.15, 0.2) is 0 Å². The van der Waals surface area contributed by atoms with Gasteiger partial charge < -0.3 is 9.84 Å². The summed E-state index contributed by atoms with van der Waals surface area (Å²) in [6, 6.07) is 0. The van der Waals surface area contributed by atoms with Gasteiger partial charge in [-0.2, -0.15) is 12.6 Å². The van der Waals surface area contributed by atoms with E-state index >= 15 is 0 Å². The summed E-state index contributed by atoms with van der Waals surface area (Å²) in [4.78, 5) is 0. The van der Waals surface area contributed by atoms with Crippen LogP contribution in [0.3, 0.4) is 0 Å². The summed E-state index contributed by atoms with van der Waals surface area (Å²) in [5.74, 6) is 1.16. The third-order valence-electron chi connectivity index (χ3n) is 3.89. The van der Waals surface area contributed by atoms with Crippen LogP contribution in [0.5, 0.6) is 0 Å². The molecule has 0 radical (unpaired) electrons. The minimum Gasteiger partial charge on any atom is -0.390 e. The molecule has 1 aliphatic rings. The molecule has 1 fully saturated rings. The molecule has 17 heavy (non-hydrogen) atoms. The first-order chi connectivity index (χ1) is 8.16. The molecule has 2 unspecified atom stereocenters. The molecule has 0 bridgehead atoms. The van der Waals surface area contributed by atoms with Crippen LogP contribution in [0.4, 0.5) is 0 Å². The summed E-state index contributed by atoms with van der Waals surface area (Å²) >= 11 is 4.12. The normalized spacial score (nSPS) is 23.1. The lowest BCUT2D eigenvalue weighted by molar-refractivity contribution is -0.0728. The second kappa shape index (κ2) is 8.39. The predicted molar refractivity (Wildman–Crippen MR) is 75.4 cm³/mol. The van der Waals surface area contributed by atoms with E-state index in [0.29, 0.717) is 17.8 Å². The van der Waals surface area contributed by atoms with E-state index < -0.39 is 0 Å². The van der Waals surface area contributed by atoms with Gasteiger partial charge in [0.2, 0.25) is 0 Å². The molecule has 0 spiro atoms. The summed E-state index contributed by atoms with van der Waals surface area (Å²) in [7, 11) is 0. The van der Waals surface area contributed by atoms with E-state index in [-0.39, 0.29) is 12.2 Å². The van der Waals surface area contributed by atoms with Gasteiger partial charge in [-0.1, -0.05) is 46.0 Å². The molecule has 1 N–H and O–H groups in total. The predicted octanol–water partition coefficient (Wildman–Crippen LogP) is 3.64. The standard InChI is InChI=1S/C14H28O2S/c1-11(2)14(16-10-17)13(15)12-8-6-4-3-5-7-9-12/h11-15,17H,3-10H2,1-2H3. The fourth-order valence-electron chi connectivity index (χ4n) is 2.87. The Morgan fingerprint density at radius 2 is 1.65 bits per heavy atom. The average Bonchev–Trinajstić information content (AvgIpc) is 2.24. The zero-order chi connectivity index (χ0) is 12.7. The maximum absolute atomic E-state index is 10.5. The highest BCUT2D eigenvalue weighted by atomic mass is 32.1. The molecule has 0 aromatic carbocycles. The Morgan fingerprint density at radius 3 is 2.12 bits per heavy atom. The smallest absolute Gasteiger partial charge is 0.0897 e. The van der Waals surface area contributed by atoms with Crippen LogP contribution in [0.25, 0.3) is 0 Å². The Labute approximate surface area is 112 Å². The first-order valence-electron chi connectivity index (χ1n) is 7.07. The highest BCUT2D eigenvalue weighted by Gasteiger charge is 2.30. The number of aliphatic hydroxyl groups excluding tert-OH is 1. The summed E-state index contributed by atoms with van der Waals surface area (Å²) in [5, 5.41) is 10.5. The maximum atomic E-state index is 10.5. The van der Waals surface area contributed by atoms with Gasteiger partial charge in [0.1, 0.15) is 0 Å². The van der Waals surface area contributed by atoms with Crippen LogP contribution < -0.4 is 0 Å². The molecule has 0 aromatic rings. The maximum Gasteiger partial charge on any atom is 0.0897 e. The van der Waals surface area contributed by atoms with Crippen LogP contribution in [-0.2, 0) is 4.74 Å². The molecule has 2 nitrogen and oxygen atoms in total. The van der Waals surface area contributed by atoms with Crippen molar-refractivity contribution in [1.29, 1.82) is 0 Å². The van der Waals surface area contributed by atoms with Gasteiger partial charge in [-0.05, 0) is 24.7 Å². The first-order valence-corrected chi connectivity index (χ1v) is 7.70. The molecule has 1 rings (SSSR count). The van der Waals surface area contributed by atoms with Gasteiger partial charge in [0.25, 0.3) is 0 Å². The molecular formula is C14H28O2S. The van der Waals surface area contributed by atoms with Gasteiger partial charge >= 0.3 is 0 Å². The van der Waals surface area contributed by atoms with Crippen molar-refractivity contribution in [2.75, 3.05) is 5.94 Å². The van der Waals surface area contributed by atoms with Crippen LogP contribution >= 0.6 is 12.6 Å². The highest BCUT2D eigenvalue weighted by Crippen LogP contribution is 2.29. The third kappa shape index (κ3) is 5.19. The minimum absolute atomic E-state index is 0.0584. The summed E-state index contributed by atoms with van der Waals surface area (Å²) in [6.45, 7) is 4.22. The molecule has 0 saturated heterocycles. The van der Waals surface area contributed by atoms with Crippen molar-refractivity contribution in [1.82, 2.24) is 0 Å². The van der Waals surface area contributed by atoms with Gasteiger partial charge in [-0.25, -0.2) is 0 Å². The van der Waals surface area contributed by atoms with Gasteiger partial charge in [0, 0.05) is 0 Å². The molecule has 2 atom stereocenters. The second-order valence-corrected chi connectivity index (χ2v) is 5.86. The Hall–Kier alpha value is 0.270. The molecule has 102 valence electrons. The fourth-order valence-corrected chi connectivity index (χ4v) is 3.04. The van der Waals surface area contributed by atoms with Crippen molar-refractivity contribution in [2.24, 2.45) is 11.8 Å². The molecule has 0 aromatic heterocycles. The van der Waals surface area contributed by atoms with E-state index in [1.54, 1.807) is 0 Å². The van der Waals surface area contributed by atoms with Crippen LogP contribution in [0.1, 0.15) is 58.8 Å². The van der Waals surface area contributed by atoms with Crippen molar-refractivity contribution in [3.63, 3.8) is 0 Å². The van der Waals surface area contributed by atoms with E-state index in [2.05, 4.69) is 26.5 Å². The number of aliphatic hydroxyl groups is 1. The highest BCUT2D eigenvalue weighted by molar-refractivity contribution is 7.80. The molecule has 0 amide bonds. The monoisotopic (exact) mass is 260 g/mol. The van der Waals surface area contributed by atoms with Crippen LogP contribution in [-0.4, -0.2) is 23.3 Å². The first kappa shape index (κ1) is 15.3. The Balaban J connectivity index is 2.53. The summed E-state index contributed by atoms with van der Waals surface area (Å²) in [6.07, 6.45) is 8.45. The Morgan fingerprint density at radius 1 is 1.12 bits per heavy atom. The summed E-state index contributed by atoms with van der Waals surface area (Å²) < 4.78 is 5.60. The van der Waals surface area contributed by atoms with E-state index in [9.17, 15) is 5.11 Å². The number of thiol groups is 1. The van der Waals surface area contributed by atoms with Crippen LogP contribution in [0.15, 0.2) is 0 Å². The molecule has 3 heteroatoms. The molecule has 0 heterocycles. The molecule has 1 saturated carbocycles. The van der Waals surface area contributed by atoms with Crippen molar-refractivity contribution in [2.45, 2.75) is 71.0 Å². The lowest BCUT2D eigenvalue weighted by atomic mass is 9.83. The van der Waals surface area contributed by atoms with Crippen LogP contribution in [0.2, 0.25) is 0 Å². The molecular weight excluding hydrogens is 232 g/mol. The number of hydrogen-bond acceptors (Lipinski definition) is 3. The number of rotatable bonds is 5. The van der Waals surface area contributed by atoms with Crippen molar-refractivity contribution < 1.29 is 9.84 Å². The lowest BCUT2D eigenvalue weighted by Gasteiger charge is -2.33. The van der Waals surface area contributed by atoms with E-state index in [1.807, 2.05) is 0 Å². The fraction of sp³-hybridized carbons (Fsp3) is 1.00. The zero-order valence-corrected chi connectivity index (χ0v) is 12.2. The van der Waals surface area contributed by atoms with E-state index in [1.165, 1.54) is 32.1 Å². The van der Waals surface area contributed by atoms with Crippen LogP contribution in [0, 0.1) is 11.8 Å². The zero-order valence-electron chi connectivity index (χ0n) is 11.3. The number of ether oxygens (including phenoxy) is 1. The van der Waals surface area contributed by atoms with E-state index in [4.69, 9.17) is 4.74 Å². The summed E-state index contributed by atoms with van der Waals surface area (Å²) in [5.41, 5.74) is 0. The Kier molecular flexibility index (Phi) is 7.56. The SMILES string of the molecule is CC(C)C(OCS)C(O)C1CCCCCCC1. The van der Waals surface area contributed by atoms with Crippen molar-refractivity contribution >= 4 is 12.6 Å². The lowest BCUT2D eigenvalue weighted by Crippen LogP contribution is -2.39. The van der Waals surface area contributed by atoms with E-state index in [0.717, 1.165) is 12.8 Å². The quantitative estimate of drug-likeness (QED) is 0.584. The second-order valence-electron chi connectivity index (χ2n) is 5.60. The van der Waals surface area contributed by atoms with Gasteiger partial charge in [0.05, 0.1) is 18.1 Å². The van der Waals surface area contributed by atoms with Crippen molar-refractivity contribution in [3.05, 3.63) is 0 Å². The number of hydrogen-bond donors (Lipinski definition) is 2. The molecule has 1 aliphatic carbocycles. The van der Waals surface area contributed by atoms with Gasteiger partial charge in [-0.3, -0.25) is 0 Å². The van der Waals surface area contributed by atoms with Crippen molar-refractivity contribution in [3.8, 4) is 0 Å². The van der Waals surface area contributed by atoms with Gasteiger partial charge in [-0.15, -0.1) is 0 Å².